The van der Waals surface area contributed by atoms with E-state index in [-0.39, 0.29) is 36.9 Å². The van der Waals surface area contributed by atoms with Crippen LogP contribution in [0.4, 0.5) is 0 Å². The van der Waals surface area contributed by atoms with Gasteiger partial charge >= 0.3 is 0 Å². The molecule has 0 bridgehead atoms. The molecule has 0 saturated heterocycles. The van der Waals surface area contributed by atoms with Gasteiger partial charge < -0.3 is 24.5 Å². The summed E-state index contributed by atoms with van der Waals surface area (Å²) in [6.45, 7) is 9.46. The zero-order valence-electron chi connectivity index (χ0n) is 25.4. The molecule has 0 aliphatic rings. The summed E-state index contributed by atoms with van der Waals surface area (Å²) in [6.07, 6.45) is 4.16. The summed E-state index contributed by atoms with van der Waals surface area (Å²) in [5.74, 6) is 3.32. The van der Waals surface area contributed by atoms with E-state index in [0.717, 1.165) is 70.6 Å². The number of nitrogens with one attached hydrogen (secondary N) is 4. The van der Waals surface area contributed by atoms with Crippen LogP contribution in [0.1, 0.15) is 64.5 Å². The van der Waals surface area contributed by atoms with Crippen molar-refractivity contribution in [3.63, 3.8) is 0 Å². The van der Waals surface area contributed by atoms with Gasteiger partial charge in [0.2, 0.25) is 0 Å². The van der Waals surface area contributed by atoms with Crippen LogP contribution in [0.25, 0.3) is 22.3 Å². The van der Waals surface area contributed by atoms with Crippen LogP contribution in [-0.4, -0.2) is 37.0 Å². The van der Waals surface area contributed by atoms with Gasteiger partial charge in [-0.05, 0) is 114 Å². The SMILES string of the molecule is CC(C)NC(=N)c1ccc(OCCCCCCOc2ccc(-c3cc4ccc(C(=N)NC(C)C)cc4o3)cc2)cc1.Cl.Cl. The minimum atomic E-state index is 0. The second kappa shape index (κ2) is 17.4. The van der Waals surface area contributed by atoms with Crippen molar-refractivity contribution in [3.05, 3.63) is 83.9 Å². The van der Waals surface area contributed by atoms with Crippen LogP contribution in [0, 0.1) is 10.8 Å². The van der Waals surface area contributed by atoms with E-state index in [2.05, 4.69) is 10.6 Å². The first-order valence-corrected chi connectivity index (χ1v) is 14.5. The highest BCUT2D eigenvalue weighted by molar-refractivity contribution is 6.00. The number of rotatable bonds is 14. The number of furan rings is 1. The molecule has 232 valence electrons. The van der Waals surface area contributed by atoms with Gasteiger partial charge in [0.15, 0.2) is 0 Å². The molecule has 0 saturated carbocycles. The number of hydrogen-bond donors (Lipinski definition) is 4. The molecule has 9 heteroatoms. The largest absolute Gasteiger partial charge is 0.494 e. The van der Waals surface area contributed by atoms with E-state index in [1.54, 1.807) is 0 Å². The van der Waals surface area contributed by atoms with Crippen molar-refractivity contribution in [2.75, 3.05) is 13.2 Å². The molecule has 43 heavy (non-hydrogen) atoms. The van der Waals surface area contributed by atoms with E-state index in [4.69, 9.17) is 24.7 Å². The number of hydrogen-bond acceptors (Lipinski definition) is 5. The minimum Gasteiger partial charge on any atom is -0.494 e. The Labute approximate surface area is 267 Å². The first kappa shape index (κ1) is 35.5. The standard InChI is InChI=1S/C34H42N4O3.2ClH/c1-23(2)37-33(35)26-13-17-30(18-14-26)40-20-8-6-5-7-19-39-29-15-11-25(12-16-29)31-21-27-9-10-28(22-32(27)41-31)34(36)38-24(3)4;;/h9-18,21-24H,5-8,19-20H2,1-4H3,(H2,35,37)(H2,36,38);2*1H. The number of unbranched alkanes of at least 4 members (excludes halogenated alkanes) is 3. The molecule has 0 atom stereocenters. The van der Waals surface area contributed by atoms with Crippen LogP contribution in [-0.2, 0) is 0 Å². The topological polar surface area (TPSA) is 103 Å². The molecule has 0 aliphatic heterocycles. The van der Waals surface area contributed by atoms with Crippen molar-refractivity contribution >= 4 is 47.5 Å². The Morgan fingerprint density at radius 2 is 1.14 bits per heavy atom. The number of halogens is 2. The fourth-order valence-electron chi connectivity index (χ4n) is 4.44. The average Bonchev–Trinajstić information content (AvgIpc) is 3.38. The van der Waals surface area contributed by atoms with Crippen molar-refractivity contribution in [2.45, 2.75) is 65.5 Å². The Bertz CT molecular complexity index is 1430. The molecule has 0 spiro atoms. The van der Waals surface area contributed by atoms with E-state index < -0.39 is 0 Å². The van der Waals surface area contributed by atoms with Crippen molar-refractivity contribution in [1.82, 2.24) is 10.6 Å². The first-order chi connectivity index (χ1) is 19.8. The zero-order chi connectivity index (χ0) is 29.2. The maximum absolute atomic E-state index is 8.23. The van der Waals surface area contributed by atoms with Gasteiger partial charge in [0.05, 0.1) is 13.2 Å². The Hall–Kier alpha value is -3.68. The lowest BCUT2D eigenvalue weighted by atomic mass is 10.1. The summed E-state index contributed by atoms with van der Waals surface area (Å²) in [5, 5.41) is 23.5. The van der Waals surface area contributed by atoms with E-state index in [1.807, 2.05) is 100 Å². The lowest BCUT2D eigenvalue weighted by molar-refractivity contribution is 0.287. The molecular formula is C34H44Cl2N4O3. The number of fused-ring (bicyclic) bond motifs is 1. The minimum absolute atomic E-state index is 0. The van der Waals surface area contributed by atoms with Gasteiger partial charge in [-0.25, -0.2) is 0 Å². The Morgan fingerprint density at radius 1 is 0.651 bits per heavy atom. The third-order valence-electron chi connectivity index (χ3n) is 6.53. The predicted molar refractivity (Wildman–Crippen MR) is 182 cm³/mol. The highest BCUT2D eigenvalue weighted by Gasteiger charge is 2.10. The summed E-state index contributed by atoms with van der Waals surface area (Å²) in [4.78, 5) is 0. The average molecular weight is 628 g/mol. The molecule has 0 fully saturated rings. The molecule has 7 nitrogen and oxygen atoms in total. The van der Waals surface area contributed by atoms with E-state index in [0.29, 0.717) is 24.9 Å². The molecule has 0 amide bonds. The fraction of sp³-hybridized carbons (Fsp3) is 0.353. The van der Waals surface area contributed by atoms with E-state index in [9.17, 15) is 0 Å². The summed E-state index contributed by atoms with van der Waals surface area (Å²) < 4.78 is 17.9. The molecule has 1 aromatic heterocycles. The second-order valence-corrected chi connectivity index (χ2v) is 10.9. The monoisotopic (exact) mass is 626 g/mol. The van der Waals surface area contributed by atoms with Crippen molar-refractivity contribution < 1.29 is 13.9 Å². The third kappa shape index (κ3) is 10.8. The third-order valence-corrected chi connectivity index (χ3v) is 6.53. The number of benzene rings is 3. The Kier molecular flexibility index (Phi) is 14.4. The van der Waals surface area contributed by atoms with Gasteiger partial charge in [-0.3, -0.25) is 10.8 Å². The first-order valence-electron chi connectivity index (χ1n) is 14.5. The van der Waals surface area contributed by atoms with E-state index in [1.165, 1.54) is 0 Å². The molecule has 3 aromatic carbocycles. The predicted octanol–water partition coefficient (Wildman–Crippen LogP) is 8.61. The summed E-state index contributed by atoms with van der Waals surface area (Å²) in [7, 11) is 0. The number of amidine groups is 2. The molecule has 4 rings (SSSR count). The second-order valence-electron chi connectivity index (χ2n) is 10.9. The van der Waals surface area contributed by atoms with Gasteiger partial charge in [-0.2, -0.15) is 0 Å². The van der Waals surface area contributed by atoms with Gasteiger partial charge in [0.1, 0.15) is 34.5 Å². The normalized spacial score (nSPS) is 10.7. The van der Waals surface area contributed by atoms with Gasteiger partial charge in [-0.1, -0.05) is 12.1 Å². The summed E-state index contributed by atoms with van der Waals surface area (Å²) >= 11 is 0. The van der Waals surface area contributed by atoms with Crippen molar-refractivity contribution in [2.24, 2.45) is 0 Å². The molecule has 0 aliphatic carbocycles. The fourth-order valence-corrected chi connectivity index (χ4v) is 4.44. The maximum Gasteiger partial charge on any atom is 0.135 e. The van der Waals surface area contributed by atoms with Gasteiger partial charge in [0, 0.05) is 34.2 Å². The zero-order valence-corrected chi connectivity index (χ0v) is 27.0. The lowest BCUT2D eigenvalue weighted by Gasteiger charge is -2.12. The van der Waals surface area contributed by atoms with Crippen LogP contribution >= 0.6 is 24.8 Å². The van der Waals surface area contributed by atoms with Crippen molar-refractivity contribution in [1.29, 1.82) is 10.8 Å². The quantitative estimate of drug-likeness (QED) is 0.0637. The Morgan fingerprint density at radius 3 is 1.67 bits per heavy atom. The lowest BCUT2D eigenvalue weighted by Crippen LogP contribution is -2.30. The van der Waals surface area contributed by atoms with Crippen LogP contribution in [0.15, 0.2) is 77.2 Å². The van der Waals surface area contributed by atoms with Crippen molar-refractivity contribution in [3.8, 4) is 22.8 Å². The van der Waals surface area contributed by atoms with Gasteiger partial charge in [-0.15, -0.1) is 24.8 Å². The van der Waals surface area contributed by atoms with Crippen LogP contribution in [0.3, 0.4) is 0 Å². The molecule has 4 aromatic rings. The molecular weight excluding hydrogens is 583 g/mol. The van der Waals surface area contributed by atoms with Crippen LogP contribution in [0.2, 0.25) is 0 Å². The Balaban J connectivity index is 0.00000323. The van der Waals surface area contributed by atoms with Gasteiger partial charge in [0.25, 0.3) is 0 Å². The highest BCUT2D eigenvalue weighted by atomic mass is 35.5. The molecule has 0 unspecified atom stereocenters. The smallest absolute Gasteiger partial charge is 0.135 e. The van der Waals surface area contributed by atoms with Crippen LogP contribution < -0.4 is 20.1 Å². The van der Waals surface area contributed by atoms with E-state index >= 15 is 0 Å². The molecule has 0 radical (unpaired) electrons. The highest BCUT2D eigenvalue weighted by Crippen LogP contribution is 2.30. The van der Waals surface area contributed by atoms with Crippen LogP contribution in [0.5, 0.6) is 11.5 Å². The molecule has 4 N–H and O–H groups in total. The summed E-state index contributed by atoms with van der Waals surface area (Å²) in [6, 6.07) is 24.0. The number of ether oxygens (including phenoxy) is 2. The summed E-state index contributed by atoms with van der Waals surface area (Å²) in [5.41, 5.74) is 3.44. The maximum atomic E-state index is 8.23. The molecule has 1 heterocycles.